The second kappa shape index (κ2) is 15.2. The van der Waals surface area contributed by atoms with Crippen LogP contribution in [0.1, 0.15) is 50.6 Å². The third kappa shape index (κ3) is 8.50. The Morgan fingerprint density at radius 3 is 2.18 bits per heavy atom. The van der Waals surface area contributed by atoms with Gasteiger partial charge in [0.15, 0.2) is 0 Å². The number of aliphatic carboxylic acids is 1. The Balaban J connectivity index is 0.000000555. The Labute approximate surface area is 267 Å². The van der Waals surface area contributed by atoms with Gasteiger partial charge in [0, 0.05) is 16.5 Å². The fourth-order valence-electron chi connectivity index (χ4n) is 5.08. The molecule has 1 aliphatic carbocycles. The molecule has 2 fully saturated rings. The van der Waals surface area contributed by atoms with Crippen LogP contribution in [0.5, 0.6) is 0 Å². The van der Waals surface area contributed by atoms with Crippen LogP contribution in [0.2, 0.25) is 10.0 Å². The highest BCUT2D eigenvalue weighted by Gasteiger charge is 2.45. The van der Waals surface area contributed by atoms with Crippen molar-refractivity contribution in [1.29, 1.82) is 0 Å². The summed E-state index contributed by atoms with van der Waals surface area (Å²) in [5, 5.41) is 9.85. The molecule has 1 N–H and O–H groups in total. The van der Waals surface area contributed by atoms with Gasteiger partial charge in [0.1, 0.15) is 11.9 Å². The number of rotatable bonds is 11. The number of para-hydroxylation sites is 1. The summed E-state index contributed by atoms with van der Waals surface area (Å²) < 4.78 is 48.7. The predicted molar refractivity (Wildman–Crippen MR) is 169 cm³/mol. The topological polar surface area (TPSA) is 104 Å². The number of nitrogens with zero attached hydrogens (tertiary/aromatic N) is 2. The monoisotopic (exact) mass is 664 g/mol. The molecule has 1 saturated carbocycles. The van der Waals surface area contributed by atoms with Gasteiger partial charge >= 0.3 is 5.97 Å². The zero-order valence-electron chi connectivity index (χ0n) is 24.2. The molecular weight excluding hydrogens is 630 g/mol. The Bertz CT molecular complexity index is 1520. The lowest BCUT2D eigenvalue weighted by atomic mass is 9.98. The highest BCUT2D eigenvalue weighted by Crippen LogP contribution is 2.37. The highest BCUT2D eigenvalue weighted by atomic mass is 35.5. The quantitative estimate of drug-likeness (QED) is 0.244. The number of benzene rings is 3. The van der Waals surface area contributed by atoms with Crippen molar-refractivity contribution in [3.05, 3.63) is 100 Å². The van der Waals surface area contributed by atoms with Gasteiger partial charge in [-0.25, -0.2) is 12.8 Å². The molecule has 1 saturated heterocycles. The van der Waals surface area contributed by atoms with Crippen molar-refractivity contribution in [2.24, 2.45) is 0 Å². The molecule has 0 unspecified atom stereocenters. The van der Waals surface area contributed by atoms with Crippen LogP contribution in [0.25, 0.3) is 0 Å². The summed E-state index contributed by atoms with van der Waals surface area (Å²) in [7, 11) is -3.86. The van der Waals surface area contributed by atoms with E-state index < -0.39 is 51.2 Å². The Morgan fingerprint density at radius 1 is 1.02 bits per heavy atom. The number of carbonyl (C=O) groups excluding carboxylic acids is 1. The summed E-state index contributed by atoms with van der Waals surface area (Å²) in [6.45, 7) is 1.79. The second-order valence-electron chi connectivity index (χ2n) is 10.7. The van der Waals surface area contributed by atoms with E-state index in [1.165, 1.54) is 18.2 Å². The van der Waals surface area contributed by atoms with Crippen molar-refractivity contribution in [3.8, 4) is 0 Å². The first-order chi connectivity index (χ1) is 21.0. The summed E-state index contributed by atoms with van der Waals surface area (Å²) in [6.07, 6.45) is 0.162. The Kier molecular flexibility index (Phi) is 11.6. The maximum absolute atomic E-state index is 14.9. The van der Waals surface area contributed by atoms with Crippen LogP contribution in [0.15, 0.2) is 78.9 Å². The molecule has 236 valence electrons. The van der Waals surface area contributed by atoms with E-state index in [-0.39, 0.29) is 31.7 Å². The van der Waals surface area contributed by atoms with E-state index in [1.807, 2.05) is 37.3 Å². The van der Waals surface area contributed by atoms with Crippen LogP contribution in [0.4, 0.5) is 10.1 Å². The maximum Gasteiger partial charge on any atom is 0.303 e. The molecule has 5 rings (SSSR count). The lowest BCUT2D eigenvalue weighted by molar-refractivity contribution is -0.165. The number of morpholine rings is 1. The number of carboxylic acids is 1. The SMILES string of the molecule is CC[C@@H](CN(c1ccccc1F)S(=O)(=O)C1CC1)N1C(=O)[C@@H](CCC(=O)O)OC[C@H]1c1ccc(Cl)cc1.Clc1ccccc1. The minimum atomic E-state index is -3.86. The van der Waals surface area contributed by atoms with Crippen LogP contribution in [0, 0.1) is 5.82 Å². The standard InChI is InChI=1S/C26H30ClFN2O6S.C6H5Cl/c1-2-19(15-29(37(34,35)20-11-12-20)22-6-4-3-5-21(22)28)30-23(17-7-9-18(27)10-8-17)16-36-24(26(30)33)13-14-25(31)32;7-6-4-2-1-3-5-6/h3-10,19-20,23-24H,2,11-16H2,1H3,(H,31,32);1-5H/t19-,23-,24+;/m0./s1. The number of amides is 1. The molecular formula is C32H35Cl2FN2O6S. The molecule has 3 atom stereocenters. The van der Waals surface area contributed by atoms with Crippen molar-refractivity contribution in [2.75, 3.05) is 17.5 Å². The first-order valence-corrected chi connectivity index (χ1v) is 16.7. The lowest BCUT2D eigenvalue weighted by Crippen LogP contribution is -2.57. The zero-order valence-corrected chi connectivity index (χ0v) is 26.5. The van der Waals surface area contributed by atoms with E-state index in [0.29, 0.717) is 24.3 Å². The summed E-state index contributed by atoms with van der Waals surface area (Å²) >= 11 is 11.6. The minimum Gasteiger partial charge on any atom is -0.481 e. The van der Waals surface area contributed by atoms with Gasteiger partial charge in [-0.15, -0.1) is 0 Å². The van der Waals surface area contributed by atoms with E-state index >= 15 is 0 Å². The summed E-state index contributed by atoms with van der Waals surface area (Å²) in [5.41, 5.74) is 0.689. The lowest BCUT2D eigenvalue weighted by Gasteiger charge is -2.45. The van der Waals surface area contributed by atoms with Gasteiger partial charge in [0.2, 0.25) is 10.0 Å². The fourth-order valence-corrected chi connectivity index (χ4v) is 7.24. The summed E-state index contributed by atoms with van der Waals surface area (Å²) in [6, 6.07) is 20.9. The van der Waals surface area contributed by atoms with Crippen molar-refractivity contribution in [3.63, 3.8) is 0 Å². The highest BCUT2D eigenvalue weighted by molar-refractivity contribution is 7.93. The number of carbonyl (C=O) groups is 2. The van der Waals surface area contributed by atoms with E-state index in [2.05, 4.69) is 0 Å². The van der Waals surface area contributed by atoms with Gasteiger partial charge in [-0.3, -0.25) is 13.9 Å². The molecule has 1 aliphatic heterocycles. The molecule has 0 radical (unpaired) electrons. The summed E-state index contributed by atoms with van der Waals surface area (Å²) in [5.74, 6) is -2.13. The third-order valence-electron chi connectivity index (χ3n) is 7.54. The number of ether oxygens (including phenoxy) is 1. The van der Waals surface area contributed by atoms with Crippen LogP contribution in [-0.2, 0) is 24.3 Å². The minimum absolute atomic E-state index is 0.00810. The average Bonchev–Trinajstić information content (AvgIpc) is 3.86. The van der Waals surface area contributed by atoms with E-state index in [0.717, 1.165) is 14.9 Å². The molecule has 0 spiro atoms. The number of sulfonamides is 1. The van der Waals surface area contributed by atoms with E-state index in [9.17, 15) is 22.4 Å². The number of carboxylic acid groups (broad SMARTS) is 1. The van der Waals surface area contributed by atoms with E-state index in [1.54, 1.807) is 35.2 Å². The average molecular weight is 666 g/mol. The number of halogens is 3. The van der Waals surface area contributed by atoms with Crippen LogP contribution < -0.4 is 4.31 Å². The Hall–Kier alpha value is -3.18. The Morgan fingerprint density at radius 2 is 1.64 bits per heavy atom. The zero-order chi connectivity index (χ0) is 31.9. The predicted octanol–water partition coefficient (Wildman–Crippen LogP) is 6.73. The molecule has 0 bridgehead atoms. The van der Waals surface area contributed by atoms with Crippen LogP contribution in [-0.4, -0.2) is 60.8 Å². The van der Waals surface area contributed by atoms with Crippen molar-refractivity contribution >= 4 is 50.8 Å². The maximum atomic E-state index is 14.9. The largest absolute Gasteiger partial charge is 0.481 e. The second-order valence-corrected chi connectivity index (χ2v) is 13.7. The van der Waals surface area contributed by atoms with Gasteiger partial charge in [0.25, 0.3) is 5.91 Å². The fraction of sp³-hybridized carbons (Fsp3) is 0.375. The van der Waals surface area contributed by atoms with E-state index in [4.69, 9.17) is 33.0 Å². The molecule has 8 nitrogen and oxygen atoms in total. The molecule has 3 aromatic rings. The molecule has 2 aliphatic rings. The molecule has 3 aromatic carbocycles. The van der Waals surface area contributed by atoms with Crippen molar-refractivity contribution in [1.82, 2.24) is 4.90 Å². The summed E-state index contributed by atoms with van der Waals surface area (Å²) in [4.78, 5) is 26.5. The number of hydrogen-bond acceptors (Lipinski definition) is 5. The molecule has 1 amide bonds. The smallest absolute Gasteiger partial charge is 0.303 e. The number of hydrogen-bond donors (Lipinski definition) is 1. The van der Waals surface area contributed by atoms with Gasteiger partial charge < -0.3 is 14.7 Å². The number of anilines is 1. The van der Waals surface area contributed by atoms with Crippen LogP contribution >= 0.6 is 23.2 Å². The molecule has 44 heavy (non-hydrogen) atoms. The molecule has 12 heteroatoms. The van der Waals surface area contributed by atoms with Crippen molar-refractivity contribution < 1.29 is 32.2 Å². The third-order valence-corrected chi connectivity index (χ3v) is 10.3. The van der Waals surface area contributed by atoms with Crippen molar-refractivity contribution in [2.45, 2.75) is 62.5 Å². The van der Waals surface area contributed by atoms with Gasteiger partial charge in [-0.05, 0) is 67.6 Å². The first-order valence-electron chi connectivity index (χ1n) is 14.4. The van der Waals surface area contributed by atoms with Gasteiger partial charge in [-0.2, -0.15) is 0 Å². The molecule has 0 aromatic heterocycles. The normalized spacial score (nSPS) is 19.1. The first kappa shape index (κ1) is 33.7. The van der Waals surface area contributed by atoms with Gasteiger partial charge in [-0.1, -0.05) is 72.6 Å². The van der Waals surface area contributed by atoms with Gasteiger partial charge in [0.05, 0.1) is 36.2 Å². The molecule has 1 heterocycles. The van der Waals surface area contributed by atoms with Crippen LogP contribution in [0.3, 0.4) is 0 Å².